The number of aliphatic hydroxyl groups excluding tert-OH is 1. The van der Waals surface area contributed by atoms with Gasteiger partial charge in [-0.05, 0) is 79.9 Å². The van der Waals surface area contributed by atoms with Crippen molar-refractivity contribution in [3.63, 3.8) is 0 Å². The molecular formula is C60H64N2O17S. The minimum absolute atomic E-state index is 0.0271. The summed E-state index contributed by atoms with van der Waals surface area (Å²) in [7, 11) is -2.56. The zero-order chi connectivity index (χ0) is 58.1. The molecule has 9 rings (SSSR count). The van der Waals surface area contributed by atoms with Gasteiger partial charge in [0.2, 0.25) is 6.10 Å². The minimum Gasteiger partial charge on any atom is -0.744 e. The summed E-state index contributed by atoms with van der Waals surface area (Å²) in [5, 5.41) is 29.2. The minimum atomic E-state index is -4.27. The highest BCUT2D eigenvalue weighted by Gasteiger charge is 2.78. The number of pyridine rings is 1. The van der Waals surface area contributed by atoms with Crippen molar-refractivity contribution < 1.29 is 84.9 Å². The van der Waals surface area contributed by atoms with Crippen molar-refractivity contribution in [2.45, 2.75) is 120 Å². The molecule has 80 heavy (non-hydrogen) atoms. The van der Waals surface area contributed by atoms with E-state index >= 15 is 9.59 Å². The number of Topliss-reactive ketones (excluding diaryl/α,β-unsaturated/α-hetero) is 1. The number of hydrogen-bond donors (Lipinski definition) is 3. The van der Waals surface area contributed by atoms with Crippen LogP contribution >= 0.6 is 0 Å². The van der Waals surface area contributed by atoms with Gasteiger partial charge in [-0.3, -0.25) is 19.2 Å². The predicted octanol–water partition coefficient (Wildman–Crippen LogP) is 5.55. The fraction of sp³-hybridized carbons (Fsp3) is 0.383. The maximum Gasteiger partial charge on any atom is 0.368 e. The Kier molecular flexibility index (Phi) is 16.7. The number of aliphatic hydroxyl groups is 2. The van der Waals surface area contributed by atoms with Gasteiger partial charge in [0.25, 0.3) is 5.91 Å². The summed E-state index contributed by atoms with van der Waals surface area (Å²) in [6.45, 7) is 9.99. The van der Waals surface area contributed by atoms with Crippen LogP contribution in [0, 0.1) is 23.7 Å². The summed E-state index contributed by atoms with van der Waals surface area (Å²) >= 11 is 0. The molecule has 19 nitrogen and oxygen atoms in total. The van der Waals surface area contributed by atoms with Crippen LogP contribution in [0.2, 0.25) is 0 Å². The number of carbonyl (C=O) groups excluding carboxylic acids is 6. The second-order valence-corrected chi connectivity index (χ2v) is 22.7. The van der Waals surface area contributed by atoms with Gasteiger partial charge in [-0.15, -0.1) is 0 Å². The van der Waals surface area contributed by atoms with E-state index in [0.29, 0.717) is 11.1 Å². The fourth-order valence-electron chi connectivity index (χ4n) is 11.8. The maximum atomic E-state index is 15.7. The molecule has 422 valence electrons. The van der Waals surface area contributed by atoms with Crippen molar-refractivity contribution in [3.05, 3.63) is 173 Å². The van der Waals surface area contributed by atoms with Gasteiger partial charge < -0.3 is 48.5 Å². The van der Waals surface area contributed by atoms with Gasteiger partial charge in [0.05, 0.1) is 40.6 Å². The first kappa shape index (κ1) is 58.5. The SMILES string of the molecule is CC(=O)O[C@H]1C(=O)[C@@]2(C)[C@H]([C@H](OC(=O)c3ccccc3)[C@]3(O)C[C@H](OC(=O)[C@H](Oc4cccc[n+]4C)[C@@H](NC(=O)c4ccccc4)c4ccccc4)C(C)=C1C3(C)C)[C@]1(OC(C)=O)CO[C@@H]1C[C@@H]2O.Cc1ccc(S(=O)(=O)[O-])cc1. The molecule has 2 heterocycles. The third-order valence-electron chi connectivity index (χ3n) is 16.0. The number of esters is 4. The molecule has 5 aromatic rings. The summed E-state index contributed by atoms with van der Waals surface area (Å²) in [4.78, 5) is 85.7. The molecular weight excluding hydrogens is 1050 g/mol. The Labute approximate surface area is 463 Å². The van der Waals surface area contributed by atoms with Crippen LogP contribution in [0.1, 0.15) is 92.3 Å². The Balaban J connectivity index is 0.000000683. The highest BCUT2D eigenvalue weighted by atomic mass is 32.2. The third kappa shape index (κ3) is 11.1. The van der Waals surface area contributed by atoms with E-state index in [-0.39, 0.29) is 40.5 Å². The molecule has 1 aromatic heterocycles. The molecule has 1 saturated heterocycles. The topological polar surface area (TPSA) is 271 Å². The average Bonchev–Trinajstić information content (AvgIpc) is 3.55. The van der Waals surface area contributed by atoms with Gasteiger partial charge in [-0.2, -0.15) is 4.57 Å². The van der Waals surface area contributed by atoms with E-state index in [4.69, 9.17) is 28.4 Å². The number of nitrogens with zero attached hydrogens (tertiary/aromatic N) is 1. The van der Waals surface area contributed by atoms with Gasteiger partial charge >= 0.3 is 29.8 Å². The third-order valence-corrected chi connectivity index (χ3v) is 16.9. The maximum absolute atomic E-state index is 15.7. The smallest absolute Gasteiger partial charge is 0.368 e. The largest absolute Gasteiger partial charge is 0.744 e. The lowest BCUT2D eigenvalue weighted by Crippen LogP contribution is -2.82. The lowest BCUT2D eigenvalue weighted by Gasteiger charge is -2.67. The number of fused-ring (bicyclic) bond motifs is 5. The number of aryl methyl sites for hydroxylation is 2. The number of ketones is 1. The fourth-order valence-corrected chi connectivity index (χ4v) is 12.2. The van der Waals surface area contributed by atoms with Crippen molar-refractivity contribution in [1.82, 2.24) is 5.32 Å². The van der Waals surface area contributed by atoms with Crippen LogP contribution < -0.4 is 14.6 Å². The highest BCUT2D eigenvalue weighted by Crippen LogP contribution is 2.64. The van der Waals surface area contributed by atoms with Crippen molar-refractivity contribution >= 4 is 45.7 Å². The lowest BCUT2D eigenvalue weighted by molar-refractivity contribution is -0.677. The highest BCUT2D eigenvalue weighted by molar-refractivity contribution is 7.85. The van der Waals surface area contributed by atoms with Gasteiger partial charge in [-0.1, -0.05) is 98.3 Å². The van der Waals surface area contributed by atoms with E-state index < -0.39 is 123 Å². The van der Waals surface area contributed by atoms with E-state index in [0.717, 1.165) is 12.5 Å². The molecule has 0 radical (unpaired) electrons. The van der Waals surface area contributed by atoms with Crippen LogP contribution in [0.4, 0.5) is 0 Å². The van der Waals surface area contributed by atoms with Gasteiger partial charge in [-0.25, -0.2) is 18.0 Å². The predicted molar refractivity (Wildman–Crippen MR) is 283 cm³/mol. The zero-order valence-corrected chi connectivity index (χ0v) is 46.2. The first-order valence-electron chi connectivity index (χ1n) is 25.9. The first-order valence-corrected chi connectivity index (χ1v) is 27.3. The van der Waals surface area contributed by atoms with Crippen molar-refractivity contribution in [3.8, 4) is 5.88 Å². The lowest BCUT2D eigenvalue weighted by atomic mass is 9.44. The van der Waals surface area contributed by atoms with Crippen LogP contribution in [0.3, 0.4) is 0 Å². The molecule has 2 bridgehead atoms. The van der Waals surface area contributed by atoms with Crippen LogP contribution in [0.5, 0.6) is 5.88 Å². The van der Waals surface area contributed by atoms with E-state index in [1.165, 1.54) is 38.1 Å². The van der Waals surface area contributed by atoms with E-state index in [1.54, 1.807) is 148 Å². The van der Waals surface area contributed by atoms with Gasteiger partial charge in [0.15, 0.2) is 23.7 Å². The molecule has 4 aromatic carbocycles. The summed E-state index contributed by atoms with van der Waals surface area (Å²) < 4.78 is 70.4. The Hall–Kier alpha value is -7.62. The normalized spacial score (nSPS) is 27.2. The number of hydrogen-bond acceptors (Lipinski definition) is 17. The molecule has 11 atom stereocenters. The number of carbonyl (C=O) groups is 6. The average molecular weight is 1120 g/mol. The molecule has 3 N–H and O–H groups in total. The molecule has 3 aliphatic carbocycles. The van der Waals surface area contributed by atoms with E-state index in [2.05, 4.69) is 5.32 Å². The number of benzene rings is 4. The standard InChI is InChI=1S/C53H56N2O14.C7H8O3S/c1-30-36(66-49(62)43(67-39-25-17-18-26-55(39)7)41(33-19-11-8-12-20-33)54-47(60)34-21-13-9-14-22-34)28-53(63)46(68-48(61)35-23-15-10-16-24-35)44-51(6,37(58)27-38-52(44,29-64-38)69-32(3)57)45(59)42(65-31(2)56)40(30)50(53,4)5;1-6-2-4-7(5-3-6)11(8,9)10/h8-26,36-38,41-44,46,58,63H,27-29H2,1-7H3;2-5H,1H3,(H,8,9,10)/t36-,37-,38+,41-,42+,43+,44-,46-,51+,52-,53+;/m0./s1. The molecule has 20 heteroatoms. The second-order valence-electron chi connectivity index (χ2n) is 21.4. The molecule has 0 spiro atoms. The molecule has 0 unspecified atom stereocenters. The number of aromatic nitrogens is 1. The van der Waals surface area contributed by atoms with Gasteiger partial charge in [0, 0.05) is 43.7 Å². The van der Waals surface area contributed by atoms with Gasteiger partial charge in [0.1, 0.15) is 47.1 Å². The quantitative estimate of drug-likeness (QED) is 0.0429. The number of rotatable bonds is 13. The second kappa shape index (κ2) is 22.9. The van der Waals surface area contributed by atoms with Crippen LogP contribution in [0.15, 0.2) is 156 Å². The molecule has 2 saturated carbocycles. The van der Waals surface area contributed by atoms with Crippen LogP contribution in [0.25, 0.3) is 0 Å². The Morgan fingerprint density at radius 1 is 0.787 bits per heavy atom. The van der Waals surface area contributed by atoms with E-state index in [9.17, 15) is 42.4 Å². The van der Waals surface area contributed by atoms with Crippen molar-refractivity contribution in [1.29, 1.82) is 0 Å². The summed E-state index contributed by atoms with van der Waals surface area (Å²) in [5.41, 5.74) is -5.87. The first-order chi connectivity index (χ1) is 37.7. The summed E-state index contributed by atoms with van der Waals surface area (Å²) in [5.74, 6) is -6.29. The number of nitrogens with one attached hydrogen (secondary N) is 1. The number of amides is 1. The number of ether oxygens (including phenoxy) is 6. The van der Waals surface area contributed by atoms with Crippen LogP contribution in [-0.4, -0.2) is 113 Å². The molecule has 1 amide bonds. The zero-order valence-electron chi connectivity index (χ0n) is 45.4. The summed E-state index contributed by atoms with van der Waals surface area (Å²) in [6, 6.07) is 34.7. The van der Waals surface area contributed by atoms with E-state index in [1.807, 2.05) is 6.92 Å². The Bertz CT molecular complexity index is 3300. The molecule has 3 fully saturated rings. The summed E-state index contributed by atoms with van der Waals surface area (Å²) in [6.07, 6.45) is -8.35. The Morgan fingerprint density at radius 3 is 1.93 bits per heavy atom. The molecule has 1 aliphatic heterocycles. The Morgan fingerprint density at radius 2 is 1.38 bits per heavy atom. The monoisotopic (exact) mass is 1120 g/mol. The van der Waals surface area contributed by atoms with Crippen LogP contribution in [-0.2, 0) is 60.0 Å². The van der Waals surface area contributed by atoms with Crippen molar-refractivity contribution in [2.75, 3.05) is 6.61 Å². The van der Waals surface area contributed by atoms with Crippen molar-refractivity contribution in [2.24, 2.45) is 23.8 Å². The molecule has 4 aliphatic rings.